The summed E-state index contributed by atoms with van der Waals surface area (Å²) in [7, 11) is 1.60. The second-order valence-electron chi connectivity index (χ2n) is 4.85. The molecule has 1 aromatic carbocycles. The SMILES string of the molecule is COc1ccc(C(O)CNC(=O)C2CC2C)cc1. The van der Waals surface area contributed by atoms with Crippen molar-refractivity contribution in [3.8, 4) is 5.75 Å². The van der Waals surface area contributed by atoms with Gasteiger partial charge >= 0.3 is 0 Å². The first-order valence-corrected chi connectivity index (χ1v) is 6.21. The van der Waals surface area contributed by atoms with Crippen LogP contribution in [0.25, 0.3) is 0 Å². The predicted molar refractivity (Wildman–Crippen MR) is 68.2 cm³/mol. The third-order valence-electron chi connectivity index (χ3n) is 3.42. The molecule has 2 rings (SSSR count). The summed E-state index contributed by atoms with van der Waals surface area (Å²) < 4.78 is 5.05. The van der Waals surface area contributed by atoms with Crippen molar-refractivity contribution in [2.45, 2.75) is 19.4 Å². The summed E-state index contributed by atoms with van der Waals surface area (Å²) in [5, 5.41) is 12.7. The van der Waals surface area contributed by atoms with Gasteiger partial charge in [-0.05, 0) is 30.0 Å². The molecule has 1 fully saturated rings. The number of benzene rings is 1. The Labute approximate surface area is 107 Å². The Balaban J connectivity index is 1.83. The van der Waals surface area contributed by atoms with Gasteiger partial charge in [-0.3, -0.25) is 4.79 Å². The number of rotatable bonds is 5. The first-order valence-electron chi connectivity index (χ1n) is 6.21. The van der Waals surface area contributed by atoms with Gasteiger partial charge in [0.25, 0.3) is 0 Å². The Kier molecular flexibility index (Phi) is 3.87. The maximum absolute atomic E-state index is 11.6. The molecule has 18 heavy (non-hydrogen) atoms. The monoisotopic (exact) mass is 249 g/mol. The summed E-state index contributed by atoms with van der Waals surface area (Å²) >= 11 is 0. The zero-order valence-corrected chi connectivity index (χ0v) is 10.7. The molecule has 0 aromatic heterocycles. The third kappa shape index (κ3) is 3.01. The Morgan fingerprint density at radius 2 is 2.11 bits per heavy atom. The van der Waals surface area contributed by atoms with Crippen LogP contribution in [0.1, 0.15) is 25.0 Å². The number of hydrogen-bond acceptors (Lipinski definition) is 3. The van der Waals surface area contributed by atoms with Crippen molar-refractivity contribution in [1.29, 1.82) is 0 Å². The normalized spacial score (nSPS) is 23.3. The molecule has 98 valence electrons. The molecule has 0 heterocycles. The zero-order valence-electron chi connectivity index (χ0n) is 10.7. The molecule has 4 heteroatoms. The summed E-state index contributed by atoms with van der Waals surface area (Å²) in [6.07, 6.45) is 0.290. The van der Waals surface area contributed by atoms with Crippen molar-refractivity contribution in [2.75, 3.05) is 13.7 Å². The zero-order chi connectivity index (χ0) is 13.1. The van der Waals surface area contributed by atoms with Crippen LogP contribution in [0.15, 0.2) is 24.3 Å². The van der Waals surface area contributed by atoms with E-state index in [-0.39, 0.29) is 18.4 Å². The summed E-state index contributed by atoms with van der Waals surface area (Å²) in [4.78, 5) is 11.6. The molecule has 0 spiro atoms. The van der Waals surface area contributed by atoms with Crippen molar-refractivity contribution < 1.29 is 14.6 Å². The number of nitrogens with one attached hydrogen (secondary N) is 1. The van der Waals surface area contributed by atoms with E-state index in [4.69, 9.17) is 4.74 Å². The summed E-state index contributed by atoms with van der Waals surface area (Å²) in [6.45, 7) is 2.32. The number of ether oxygens (including phenoxy) is 1. The lowest BCUT2D eigenvalue weighted by molar-refractivity contribution is -0.123. The quantitative estimate of drug-likeness (QED) is 0.831. The topological polar surface area (TPSA) is 58.6 Å². The van der Waals surface area contributed by atoms with Crippen molar-refractivity contribution >= 4 is 5.91 Å². The van der Waals surface area contributed by atoms with Crippen molar-refractivity contribution in [2.24, 2.45) is 11.8 Å². The minimum absolute atomic E-state index is 0.0510. The molecule has 2 N–H and O–H groups in total. The number of aliphatic hydroxyl groups is 1. The molecule has 1 saturated carbocycles. The second-order valence-corrected chi connectivity index (χ2v) is 4.85. The molecule has 3 unspecified atom stereocenters. The maximum atomic E-state index is 11.6. The van der Waals surface area contributed by atoms with E-state index >= 15 is 0 Å². The van der Waals surface area contributed by atoms with E-state index in [0.29, 0.717) is 5.92 Å². The molecule has 1 amide bonds. The number of carbonyl (C=O) groups excluding carboxylic acids is 1. The molecule has 3 atom stereocenters. The van der Waals surface area contributed by atoms with E-state index in [1.54, 1.807) is 31.4 Å². The lowest BCUT2D eigenvalue weighted by Crippen LogP contribution is -2.29. The highest BCUT2D eigenvalue weighted by Gasteiger charge is 2.38. The van der Waals surface area contributed by atoms with Crippen LogP contribution >= 0.6 is 0 Å². The Bertz CT molecular complexity index is 416. The van der Waals surface area contributed by atoms with Gasteiger partial charge in [0.05, 0.1) is 13.2 Å². The van der Waals surface area contributed by atoms with Crippen LogP contribution < -0.4 is 10.1 Å². The van der Waals surface area contributed by atoms with Crippen LogP contribution in [0.5, 0.6) is 5.75 Å². The highest BCUT2D eigenvalue weighted by molar-refractivity contribution is 5.81. The molecular formula is C14H19NO3. The van der Waals surface area contributed by atoms with Crippen LogP contribution in [0.2, 0.25) is 0 Å². The van der Waals surface area contributed by atoms with Gasteiger partial charge in [0.1, 0.15) is 5.75 Å². The van der Waals surface area contributed by atoms with Crippen LogP contribution in [-0.2, 0) is 4.79 Å². The number of aliphatic hydroxyl groups excluding tert-OH is 1. The third-order valence-corrected chi connectivity index (χ3v) is 3.42. The lowest BCUT2D eigenvalue weighted by Gasteiger charge is -2.12. The molecule has 0 aliphatic heterocycles. The smallest absolute Gasteiger partial charge is 0.223 e. The molecule has 0 radical (unpaired) electrons. The van der Waals surface area contributed by atoms with E-state index in [1.807, 2.05) is 0 Å². The maximum Gasteiger partial charge on any atom is 0.223 e. The van der Waals surface area contributed by atoms with Gasteiger partial charge < -0.3 is 15.2 Å². The Morgan fingerprint density at radius 3 is 2.61 bits per heavy atom. The van der Waals surface area contributed by atoms with E-state index in [1.165, 1.54) is 0 Å². The van der Waals surface area contributed by atoms with Crippen LogP contribution in [0, 0.1) is 11.8 Å². The van der Waals surface area contributed by atoms with Gasteiger partial charge in [0.15, 0.2) is 0 Å². The van der Waals surface area contributed by atoms with Crippen molar-refractivity contribution in [3.05, 3.63) is 29.8 Å². The summed E-state index contributed by atoms with van der Waals surface area (Å²) in [5.41, 5.74) is 0.778. The molecule has 4 nitrogen and oxygen atoms in total. The fourth-order valence-corrected chi connectivity index (χ4v) is 1.96. The molecule has 0 saturated heterocycles. The molecule has 1 aromatic rings. The van der Waals surface area contributed by atoms with Gasteiger partial charge in [-0.2, -0.15) is 0 Å². The average Bonchev–Trinajstić information content (AvgIpc) is 3.13. The second kappa shape index (κ2) is 5.40. The lowest BCUT2D eigenvalue weighted by atomic mass is 10.1. The fraction of sp³-hybridized carbons (Fsp3) is 0.500. The van der Waals surface area contributed by atoms with E-state index in [2.05, 4.69) is 12.2 Å². The van der Waals surface area contributed by atoms with Crippen LogP contribution in [0.3, 0.4) is 0 Å². The van der Waals surface area contributed by atoms with E-state index in [9.17, 15) is 9.90 Å². The van der Waals surface area contributed by atoms with Gasteiger partial charge in [0.2, 0.25) is 5.91 Å². The fourth-order valence-electron chi connectivity index (χ4n) is 1.96. The van der Waals surface area contributed by atoms with E-state index < -0.39 is 6.10 Å². The average molecular weight is 249 g/mol. The first-order chi connectivity index (χ1) is 8.61. The molecule has 1 aliphatic carbocycles. The minimum atomic E-state index is -0.672. The Hall–Kier alpha value is -1.55. The first kappa shape index (κ1) is 12.9. The summed E-state index contributed by atoms with van der Waals surface area (Å²) in [6, 6.07) is 7.19. The van der Waals surface area contributed by atoms with Crippen molar-refractivity contribution in [3.63, 3.8) is 0 Å². The van der Waals surface area contributed by atoms with Gasteiger partial charge in [-0.1, -0.05) is 19.1 Å². The van der Waals surface area contributed by atoms with Crippen molar-refractivity contribution in [1.82, 2.24) is 5.32 Å². The van der Waals surface area contributed by atoms with Gasteiger partial charge in [-0.25, -0.2) is 0 Å². The predicted octanol–water partition coefficient (Wildman–Crippen LogP) is 1.50. The number of carbonyl (C=O) groups is 1. The standard InChI is InChI=1S/C14H19NO3/c1-9-7-12(9)14(17)15-8-13(16)10-3-5-11(18-2)6-4-10/h3-6,9,12-13,16H,7-8H2,1-2H3,(H,15,17). The highest BCUT2D eigenvalue weighted by atomic mass is 16.5. The van der Waals surface area contributed by atoms with E-state index in [0.717, 1.165) is 17.7 Å². The molecule has 0 bridgehead atoms. The molecule has 1 aliphatic rings. The number of amides is 1. The minimum Gasteiger partial charge on any atom is -0.497 e. The van der Waals surface area contributed by atoms with Gasteiger partial charge in [0, 0.05) is 12.5 Å². The Morgan fingerprint density at radius 1 is 1.50 bits per heavy atom. The largest absolute Gasteiger partial charge is 0.497 e. The van der Waals surface area contributed by atoms with Crippen LogP contribution in [0.4, 0.5) is 0 Å². The highest BCUT2D eigenvalue weighted by Crippen LogP contribution is 2.37. The molecular weight excluding hydrogens is 230 g/mol. The number of methoxy groups -OCH3 is 1. The summed E-state index contributed by atoms with van der Waals surface area (Å²) in [5.74, 6) is 1.44. The van der Waals surface area contributed by atoms with Crippen LogP contribution in [-0.4, -0.2) is 24.7 Å². The van der Waals surface area contributed by atoms with Gasteiger partial charge in [-0.15, -0.1) is 0 Å². The number of hydrogen-bond donors (Lipinski definition) is 2.